The highest BCUT2D eigenvalue weighted by atomic mass is 16.6. The zero-order chi connectivity index (χ0) is 24.8. The van der Waals surface area contributed by atoms with Crippen molar-refractivity contribution >= 4 is 6.09 Å². The van der Waals surface area contributed by atoms with Crippen LogP contribution in [0.15, 0.2) is 0 Å². The largest absolute Gasteiger partial charge is 0.446 e. The van der Waals surface area contributed by atoms with Crippen LogP contribution >= 0.6 is 0 Å². The summed E-state index contributed by atoms with van der Waals surface area (Å²) in [5, 5.41) is 24.8. The van der Waals surface area contributed by atoms with Crippen LogP contribution in [-0.2, 0) is 4.74 Å². The summed E-state index contributed by atoms with van der Waals surface area (Å²) in [5.74, 6) is 3.33. The van der Waals surface area contributed by atoms with Crippen LogP contribution in [0.25, 0.3) is 0 Å². The minimum absolute atomic E-state index is 0.113. The number of carbonyl (C=O) groups is 1. The van der Waals surface area contributed by atoms with Gasteiger partial charge in [-0.05, 0) is 130 Å². The molecule has 0 aromatic carbocycles. The lowest BCUT2D eigenvalue weighted by molar-refractivity contribution is -0.174. The molecule has 2 unspecified atom stereocenters. The van der Waals surface area contributed by atoms with Gasteiger partial charge in [-0.15, -0.1) is 0 Å². The molecule has 0 aromatic rings. The molecule has 5 heteroatoms. The van der Waals surface area contributed by atoms with Crippen LogP contribution in [0.5, 0.6) is 0 Å². The van der Waals surface area contributed by atoms with Crippen LogP contribution in [-0.4, -0.2) is 41.2 Å². The molecule has 1 amide bonds. The lowest BCUT2D eigenvalue weighted by Crippen LogP contribution is -2.58. The summed E-state index contributed by atoms with van der Waals surface area (Å²) >= 11 is 0. The van der Waals surface area contributed by atoms with Crippen LogP contribution in [0.4, 0.5) is 4.79 Å². The van der Waals surface area contributed by atoms with Gasteiger partial charge in [-0.3, -0.25) is 0 Å². The third-order valence-corrected chi connectivity index (χ3v) is 12.1. The summed E-state index contributed by atoms with van der Waals surface area (Å²) in [7, 11) is 0. The average Bonchev–Trinajstić information content (AvgIpc) is 3.18. The SMILES string of the molecule is C[C@H](CCNC(=O)OC1CCCCC1)C1CC[C@H]2[C@@H]3[C@H](O)CC4C[C@H](O)CC[C@]4(C)[C@H]3CC[C@]12C. The lowest BCUT2D eigenvalue weighted by atomic mass is 9.43. The first-order valence-corrected chi connectivity index (χ1v) is 15.0. The number of amides is 1. The first kappa shape index (κ1) is 25.8. The number of fused-ring (bicyclic) bond motifs is 5. The Kier molecular flexibility index (Phi) is 7.49. The van der Waals surface area contributed by atoms with Crippen LogP contribution in [0, 0.1) is 46.3 Å². The predicted molar refractivity (Wildman–Crippen MR) is 138 cm³/mol. The van der Waals surface area contributed by atoms with E-state index in [2.05, 4.69) is 26.1 Å². The molecular weight excluding hydrogens is 438 g/mol. The maximum absolute atomic E-state index is 12.3. The van der Waals surface area contributed by atoms with Gasteiger partial charge in [-0.1, -0.05) is 27.2 Å². The Morgan fingerprint density at radius 1 is 0.943 bits per heavy atom. The number of hydrogen-bond donors (Lipinski definition) is 3. The van der Waals surface area contributed by atoms with Crippen LogP contribution in [0.3, 0.4) is 0 Å². The second-order valence-corrected chi connectivity index (χ2v) is 13.8. The smallest absolute Gasteiger partial charge is 0.407 e. The van der Waals surface area contributed by atoms with Crippen molar-refractivity contribution in [2.24, 2.45) is 46.3 Å². The van der Waals surface area contributed by atoms with E-state index < -0.39 is 0 Å². The fourth-order valence-electron chi connectivity index (χ4n) is 10.2. The van der Waals surface area contributed by atoms with E-state index >= 15 is 0 Å². The number of alkyl carbamates (subject to hydrolysis) is 1. The van der Waals surface area contributed by atoms with Crippen molar-refractivity contribution in [2.75, 3.05) is 6.54 Å². The maximum atomic E-state index is 12.3. The van der Waals surface area contributed by atoms with Gasteiger partial charge in [-0.25, -0.2) is 4.79 Å². The number of hydrogen-bond acceptors (Lipinski definition) is 4. The van der Waals surface area contributed by atoms with Crippen molar-refractivity contribution in [1.82, 2.24) is 5.32 Å². The zero-order valence-corrected chi connectivity index (χ0v) is 22.5. The maximum Gasteiger partial charge on any atom is 0.407 e. The molecule has 5 aliphatic carbocycles. The molecule has 0 saturated heterocycles. The van der Waals surface area contributed by atoms with Crippen LogP contribution in [0.1, 0.15) is 111 Å². The van der Waals surface area contributed by atoms with Gasteiger partial charge < -0.3 is 20.3 Å². The summed E-state index contributed by atoms with van der Waals surface area (Å²) in [6.45, 7) is 8.10. The van der Waals surface area contributed by atoms with E-state index in [0.29, 0.717) is 47.5 Å². The van der Waals surface area contributed by atoms with Crippen molar-refractivity contribution in [3.05, 3.63) is 0 Å². The average molecular weight is 490 g/mol. The molecule has 5 nitrogen and oxygen atoms in total. The van der Waals surface area contributed by atoms with E-state index in [1.807, 2.05) is 0 Å². The molecule has 0 bridgehead atoms. The van der Waals surface area contributed by atoms with Gasteiger partial charge in [0.15, 0.2) is 0 Å². The molecule has 5 rings (SSSR count). The second kappa shape index (κ2) is 10.2. The molecule has 0 heterocycles. The van der Waals surface area contributed by atoms with E-state index in [1.165, 1.54) is 44.9 Å². The van der Waals surface area contributed by atoms with Gasteiger partial charge >= 0.3 is 6.09 Å². The van der Waals surface area contributed by atoms with Crippen molar-refractivity contribution < 1.29 is 19.7 Å². The number of aliphatic hydroxyl groups is 2. The topological polar surface area (TPSA) is 78.8 Å². The van der Waals surface area contributed by atoms with E-state index in [0.717, 1.165) is 44.9 Å². The van der Waals surface area contributed by atoms with Gasteiger partial charge in [0, 0.05) is 6.54 Å². The Morgan fingerprint density at radius 2 is 1.66 bits per heavy atom. The molecule has 5 fully saturated rings. The molecule has 200 valence electrons. The Labute approximate surface area is 213 Å². The number of ether oxygens (including phenoxy) is 1. The Bertz CT molecular complexity index is 753. The van der Waals surface area contributed by atoms with Gasteiger partial charge in [-0.2, -0.15) is 0 Å². The normalized spacial score (nSPS) is 46.7. The van der Waals surface area contributed by atoms with E-state index in [4.69, 9.17) is 4.74 Å². The van der Waals surface area contributed by atoms with Gasteiger partial charge in [0.1, 0.15) is 6.10 Å². The molecule has 0 aliphatic heterocycles. The van der Waals surface area contributed by atoms with Crippen molar-refractivity contribution in [1.29, 1.82) is 0 Å². The highest BCUT2D eigenvalue weighted by Gasteiger charge is 2.62. The summed E-state index contributed by atoms with van der Waals surface area (Å²) in [5.41, 5.74) is 0.582. The highest BCUT2D eigenvalue weighted by Crippen LogP contribution is 2.68. The van der Waals surface area contributed by atoms with Gasteiger partial charge in [0.2, 0.25) is 0 Å². The van der Waals surface area contributed by atoms with Crippen molar-refractivity contribution in [2.45, 2.75) is 129 Å². The lowest BCUT2D eigenvalue weighted by Gasteiger charge is -2.62. The number of rotatable bonds is 5. The highest BCUT2D eigenvalue weighted by molar-refractivity contribution is 5.67. The van der Waals surface area contributed by atoms with E-state index in [-0.39, 0.29) is 29.8 Å². The van der Waals surface area contributed by atoms with Gasteiger partial charge in [0.25, 0.3) is 0 Å². The van der Waals surface area contributed by atoms with Crippen LogP contribution < -0.4 is 5.32 Å². The van der Waals surface area contributed by atoms with E-state index in [1.54, 1.807) is 0 Å². The fourth-order valence-corrected chi connectivity index (χ4v) is 10.2. The molecule has 0 aromatic heterocycles. The number of carbonyl (C=O) groups excluding carboxylic acids is 1. The fraction of sp³-hybridized carbons (Fsp3) is 0.967. The zero-order valence-electron chi connectivity index (χ0n) is 22.5. The summed E-state index contributed by atoms with van der Waals surface area (Å²) in [6.07, 6.45) is 15.0. The quantitative estimate of drug-likeness (QED) is 0.438. The number of nitrogens with one attached hydrogen (secondary N) is 1. The molecular formula is C30H51NO4. The van der Waals surface area contributed by atoms with E-state index in [9.17, 15) is 15.0 Å². The summed E-state index contributed by atoms with van der Waals surface area (Å²) in [4.78, 5) is 12.3. The monoisotopic (exact) mass is 489 g/mol. The van der Waals surface area contributed by atoms with Crippen LogP contribution in [0.2, 0.25) is 0 Å². The predicted octanol–water partition coefficient (Wildman–Crippen LogP) is 6.06. The third-order valence-electron chi connectivity index (χ3n) is 12.1. The summed E-state index contributed by atoms with van der Waals surface area (Å²) in [6, 6.07) is 0. The second-order valence-electron chi connectivity index (χ2n) is 13.8. The first-order valence-electron chi connectivity index (χ1n) is 15.0. The molecule has 5 aliphatic rings. The molecule has 35 heavy (non-hydrogen) atoms. The molecule has 0 spiro atoms. The Balaban J connectivity index is 1.18. The number of aliphatic hydroxyl groups excluding tert-OH is 2. The molecule has 10 atom stereocenters. The molecule has 0 radical (unpaired) electrons. The van der Waals surface area contributed by atoms with Crippen molar-refractivity contribution in [3.8, 4) is 0 Å². The molecule has 3 N–H and O–H groups in total. The summed E-state index contributed by atoms with van der Waals surface area (Å²) < 4.78 is 5.64. The molecule has 5 saturated carbocycles. The van der Waals surface area contributed by atoms with Gasteiger partial charge in [0.05, 0.1) is 12.2 Å². The standard InChI is InChI=1S/C30H51NO4/c1-19(13-16-31-28(34)35-22-7-5-4-6-8-22)23-9-10-24-27-25(12-15-30(23,24)3)29(2)14-11-21(32)17-20(29)18-26(27)33/h19-27,32-33H,4-18H2,1-3H3,(H,31,34)/t19-,20?,21-,23?,24+,25+,26-,27+,29+,30-/m1/s1. The Hall–Kier alpha value is -0.810. The van der Waals surface area contributed by atoms with Crippen molar-refractivity contribution in [3.63, 3.8) is 0 Å². The third kappa shape index (κ3) is 4.78. The minimum Gasteiger partial charge on any atom is -0.446 e. The first-order chi connectivity index (χ1) is 16.7. The Morgan fingerprint density at radius 3 is 2.43 bits per heavy atom. The minimum atomic E-state index is -0.231.